The van der Waals surface area contributed by atoms with Crippen LogP contribution in [0.3, 0.4) is 0 Å². The molecule has 0 fully saturated rings. The molecule has 0 spiro atoms. The lowest BCUT2D eigenvalue weighted by Crippen LogP contribution is -2.35. The molecule has 0 saturated heterocycles. The molecule has 1 aromatic carbocycles. The van der Waals surface area contributed by atoms with Crippen LogP contribution in [0.2, 0.25) is 0 Å². The first-order valence-corrected chi connectivity index (χ1v) is 6.99. The van der Waals surface area contributed by atoms with Gasteiger partial charge in [0.25, 0.3) is 5.91 Å². The van der Waals surface area contributed by atoms with Crippen molar-refractivity contribution in [3.05, 3.63) is 29.8 Å². The molecule has 0 heterocycles. The summed E-state index contributed by atoms with van der Waals surface area (Å²) in [6, 6.07) is 6.40. The van der Waals surface area contributed by atoms with Crippen molar-refractivity contribution in [2.75, 3.05) is 18.4 Å². The van der Waals surface area contributed by atoms with E-state index in [4.69, 9.17) is 5.73 Å². The molecule has 1 rings (SSSR count). The Balaban J connectivity index is 2.85. The zero-order chi connectivity index (χ0) is 15.1. The van der Waals surface area contributed by atoms with Crippen LogP contribution >= 0.6 is 0 Å². The molecular formula is C15H23N3O2. The van der Waals surface area contributed by atoms with E-state index in [2.05, 4.69) is 5.32 Å². The van der Waals surface area contributed by atoms with Crippen LogP contribution in [-0.2, 0) is 4.79 Å². The van der Waals surface area contributed by atoms with Crippen molar-refractivity contribution < 1.29 is 9.59 Å². The van der Waals surface area contributed by atoms with Crippen molar-refractivity contribution in [1.29, 1.82) is 0 Å². The molecule has 3 N–H and O–H groups in total. The molecule has 20 heavy (non-hydrogen) atoms. The third-order valence-corrected chi connectivity index (χ3v) is 3.20. The first-order chi connectivity index (χ1) is 9.53. The fraction of sp³-hybridized carbons (Fsp3) is 0.467. The summed E-state index contributed by atoms with van der Waals surface area (Å²) in [6.07, 6.45) is 0.573. The third kappa shape index (κ3) is 4.06. The number of anilines is 1. The van der Waals surface area contributed by atoms with Crippen molar-refractivity contribution in [2.45, 2.75) is 33.2 Å². The lowest BCUT2D eigenvalue weighted by Gasteiger charge is -2.19. The molecule has 0 bridgehead atoms. The van der Waals surface area contributed by atoms with Crippen molar-refractivity contribution in [1.82, 2.24) is 4.90 Å². The topological polar surface area (TPSA) is 75.4 Å². The summed E-state index contributed by atoms with van der Waals surface area (Å²) in [4.78, 5) is 25.7. The first-order valence-electron chi connectivity index (χ1n) is 6.99. The fourth-order valence-corrected chi connectivity index (χ4v) is 1.84. The predicted molar refractivity (Wildman–Crippen MR) is 80.6 cm³/mol. The Morgan fingerprint density at radius 3 is 2.45 bits per heavy atom. The summed E-state index contributed by atoms with van der Waals surface area (Å²) in [5.41, 5.74) is 6.83. The van der Waals surface area contributed by atoms with Gasteiger partial charge in [-0.1, -0.05) is 13.0 Å². The second kappa shape index (κ2) is 7.65. The third-order valence-electron chi connectivity index (χ3n) is 3.20. The lowest BCUT2D eigenvalue weighted by atomic mass is 10.1. The summed E-state index contributed by atoms with van der Waals surface area (Å²) in [7, 11) is 0. The van der Waals surface area contributed by atoms with Crippen molar-refractivity contribution in [3.63, 3.8) is 0 Å². The Kier molecular flexibility index (Phi) is 6.18. The Morgan fingerprint density at radius 2 is 1.90 bits per heavy atom. The predicted octanol–water partition coefficient (Wildman–Crippen LogP) is 1.84. The molecule has 0 radical (unpaired) electrons. The average Bonchev–Trinajstić information content (AvgIpc) is 2.47. The van der Waals surface area contributed by atoms with Crippen molar-refractivity contribution >= 4 is 17.5 Å². The second-order valence-electron chi connectivity index (χ2n) is 4.56. The highest BCUT2D eigenvalue weighted by atomic mass is 16.2. The molecule has 0 unspecified atom stereocenters. The zero-order valence-electron chi connectivity index (χ0n) is 12.3. The number of nitrogens with two attached hydrogens (primary N) is 1. The van der Waals surface area contributed by atoms with E-state index in [0.717, 1.165) is 0 Å². The molecule has 0 saturated carbocycles. The molecule has 1 aromatic rings. The second-order valence-corrected chi connectivity index (χ2v) is 4.56. The fourth-order valence-electron chi connectivity index (χ4n) is 1.84. The number of carbonyl (C=O) groups is 2. The van der Waals surface area contributed by atoms with Gasteiger partial charge in [0.15, 0.2) is 0 Å². The lowest BCUT2D eigenvalue weighted by molar-refractivity contribution is -0.117. The van der Waals surface area contributed by atoms with E-state index in [0.29, 0.717) is 30.8 Å². The van der Waals surface area contributed by atoms with Gasteiger partial charge < -0.3 is 16.0 Å². The zero-order valence-corrected chi connectivity index (χ0v) is 12.3. The van der Waals surface area contributed by atoms with Crippen LogP contribution in [0, 0.1) is 0 Å². The number of amides is 2. The molecule has 5 nitrogen and oxygen atoms in total. The monoisotopic (exact) mass is 277 g/mol. The number of rotatable bonds is 6. The van der Waals surface area contributed by atoms with Crippen molar-refractivity contribution in [3.8, 4) is 0 Å². The number of benzene rings is 1. The summed E-state index contributed by atoms with van der Waals surface area (Å²) in [6.45, 7) is 7.05. The van der Waals surface area contributed by atoms with Crippen LogP contribution in [0.1, 0.15) is 37.6 Å². The molecular weight excluding hydrogens is 254 g/mol. The highest BCUT2D eigenvalue weighted by molar-refractivity contribution is 5.98. The number of carbonyl (C=O) groups excluding carboxylic acids is 2. The van der Waals surface area contributed by atoms with Crippen LogP contribution < -0.4 is 11.1 Å². The number of hydrogen-bond acceptors (Lipinski definition) is 3. The van der Waals surface area contributed by atoms with E-state index < -0.39 is 6.04 Å². The number of nitrogens with zero attached hydrogens (tertiary/aromatic N) is 1. The minimum Gasteiger partial charge on any atom is -0.339 e. The molecule has 110 valence electrons. The maximum absolute atomic E-state index is 12.2. The van der Waals surface area contributed by atoms with Gasteiger partial charge in [0, 0.05) is 24.3 Å². The maximum atomic E-state index is 12.2. The van der Waals surface area contributed by atoms with Gasteiger partial charge in [-0.3, -0.25) is 9.59 Å². The van der Waals surface area contributed by atoms with Gasteiger partial charge >= 0.3 is 0 Å². The van der Waals surface area contributed by atoms with Crippen LogP contribution in [-0.4, -0.2) is 35.8 Å². The minimum atomic E-state index is -0.530. The number of nitrogens with one attached hydrogen (secondary N) is 1. The van der Waals surface area contributed by atoms with Gasteiger partial charge in [0.05, 0.1) is 6.04 Å². The SMILES string of the molecule is CC[C@@H](N)C(=O)Nc1cccc(C(=O)N(CC)CC)c1. The minimum absolute atomic E-state index is 0.0362. The van der Waals surface area contributed by atoms with Crippen LogP contribution in [0.5, 0.6) is 0 Å². The van der Waals surface area contributed by atoms with E-state index in [1.54, 1.807) is 29.2 Å². The Labute approximate surface area is 120 Å². The summed E-state index contributed by atoms with van der Waals surface area (Å²) in [5.74, 6) is -0.272. The first kappa shape index (κ1) is 16.2. The largest absolute Gasteiger partial charge is 0.339 e. The average molecular weight is 277 g/mol. The van der Waals surface area contributed by atoms with E-state index in [-0.39, 0.29) is 11.8 Å². The summed E-state index contributed by atoms with van der Waals surface area (Å²) < 4.78 is 0. The smallest absolute Gasteiger partial charge is 0.253 e. The number of hydrogen-bond donors (Lipinski definition) is 2. The van der Waals surface area contributed by atoms with Crippen molar-refractivity contribution in [2.24, 2.45) is 5.73 Å². The molecule has 5 heteroatoms. The molecule has 0 aliphatic heterocycles. The molecule has 0 aliphatic rings. The molecule has 0 aliphatic carbocycles. The standard InChI is InChI=1S/C15H23N3O2/c1-4-13(16)14(19)17-12-9-7-8-11(10-12)15(20)18(5-2)6-3/h7-10,13H,4-6,16H2,1-3H3,(H,17,19)/t13-/m1/s1. The van der Waals surface area contributed by atoms with E-state index in [1.165, 1.54) is 0 Å². The van der Waals surface area contributed by atoms with Gasteiger partial charge in [-0.15, -0.1) is 0 Å². The Hall–Kier alpha value is -1.88. The highest BCUT2D eigenvalue weighted by Gasteiger charge is 2.14. The Bertz CT molecular complexity index is 470. The van der Waals surface area contributed by atoms with Gasteiger partial charge in [0.2, 0.25) is 5.91 Å². The van der Waals surface area contributed by atoms with Crippen LogP contribution in [0.25, 0.3) is 0 Å². The van der Waals surface area contributed by atoms with Gasteiger partial charge in [0.1, 0.15) is 0 Å². The molecule has 2 amide bonds. The van der Waals surface area contributed by atoms with E-state index in [1.807, 2.05) is 20.8 Å². The normalized spacial score (nSPS) is 11.8. The summed E-state index contributed by atoms with van der Waals surface area (Å²) in [5, 5.41) is 2.73. The maximum Gasteiger partial charge on any atom is 0.253 e. The quantitative estimate of drug-likeness (QED) is 0.833. The van der Waals surface area contributed by atoms with E-state index in [9.17, 15) is 9.59 Å². The van der Waals surface area contributed by atoms with E-state index >= 15 is 0 Å². The van der Waals surface area contributed by atoms with Crippen LogP contribution in [0.4, 0.5) is 5.69 Å². The van der Waals surface area contributed by atoms with Gasteiger partial charge in [-0.25, -0.2) is 0 Å². The Morgan fingerprint density at radius 1 is 1.25 bits per heavy atom. The van der Waals surface area contributed by atoms with Gasteiger partial charge in [-0.2, -0.15) is 0 Å². The van der Waals surface area contributed by atoms with Crippen LogP contribution in [0.15, 0.2) is 24.3 Å². The highest BCUT2D eigenvalue weighted by Crippen LogP contribution is 2.13. The molecule has 0 aromatic heterocycles. The summed E-state index contributed by atoms with van der Waals surface area (Å²) >= 11 is 0. The molecule has 1 atom stereocenters. The van der Waals surface area contributed by atoms with Gasteiger partial charge in [-0.05, 0) is 38.5 Å².